The van der Waals surface area contributed by atoms with Crippen LogP contribution in [0.4, 0.5) is 14.5 Å². The Balaban J connectivity index is 0.00000280. The van der Waals surface area contributed by atoms with Crippen molar-refractivity contribution in [3.63, 3.8) is 0 Å². The number of aryl methyl sites for hydroxylation is 2. The maximum atomic E-state index is 14.0. The molecule has 1 aromatic carbocycles. The highest BCUT2D eigenvalue weighted by Gasteiger charge is 2.22. The fourth-order valence-corrected chi connectivity index (χ4v) is 3.38. The van der Waals surface area contributed by atoms with E-state index in [-0.39, 0.29) is 24.0 Å². The van der Waals surface area contributed by atoms with Crippen LogP contribution in [0.25, 0.3) is 0 Å². The van der Waals surface area contributed by atoms with Crippen LogP contribution in [0.5, 0.6) is 0 Å². The molecule has 28 heavy (non-hydrogen) atoms. The molecule has 0 amide bonds. The molecule has 2 heterocycles. The highest BCUT2D eigenvalue weighted by molar-refractivity contribution is 14.0. The summed E-state index contributed by atoms with van der Waals surface area (Å²) in [6.45, 7) is 7.13. The predicted octanol–water partition coefficient (Wildman–Crippen LogP) is 3.13. The monoisotopic (exact) mass is 505 g/mol. The van der Waals surface area contributed by atoms with Crippen LogP contribution in [0.15, 0.2) is 27.7 Å². The topological polar surface area (TPSA) is 56.9 Å². The number of guanidine groups is 1. The van der Waals surface area contributed by atoms with Crippen molar-refractivity contribution >= 4 is 35.6 Å². The molecule has 0 aliphatic carbocycles. The number of anilines is 1. The molecule has 0 bridgehead atoms. The van der Waals surface area contributed by atoms with E-state index in [2.05, 4.69) is 20.4 Å². The summed E-state index contributed by atoms with van der Waals surface area (Å²) in [6.07, 6.45) is 0.800. The van der Waals surface area contributed by atoms with Crippen molar-refractivity contribution in [2.45, 2.75) is 20.3 Å². The summed E-state index contributed by atoms with van der Waals surface area (Å²) < 4.78 is 32.6. The van der Waals surface area contributed by atoms with Gasteiger partial charge in [0, 0.05) is 51.4 Å². The van der Waals surface area contributed by atoms with E-state index >= 15 is 0 Å². The third kappa shape index (κ3) is 5.12. The van der Waals surface area contributed by atoms with Crippen LogP contribution in [0.1, 0.15) is 17.0 Å². The fourth-order valence-electron chi connectivity index (χ4n) is 3.38. The number of benzene rings is 1. The maximum Gasteiger partial charge on any atom is 0.193 e. The van der Waals surface area contributed by atoms with Crippen molar-refractivity contribution in [3.05, 3.63) is 46.9 Å². The van der Waals surface area contributed by atoms with Gasteiger partial charge in [0.15, 0.2) is 5.96 Å². The highest BCUT2D eigenvalue weighted by atomic mass is 127. The van der Waals surface area contributed by atoms with Crippen molar-refractivity contribution < 1.29 is 13.3 Å². The largest absolute Gasteiger partial charge is 0.366 e. The molecule has 1 N–H and O–H groups in total. The number of aliphatic imine (C=N–C) groups is 1. The number of rotatable bonds is 4. The summed E-state index contributed by atoms with van der Waals surface area (Å²) in [5, 5.41) is 7.33. The van der Waals surface area contributed by atoms with Gasteiger partial charge < -0.3 is 19.6 Å². The summed E-state index contributed by atoms with van der Waals surface area (Å²) >= 11 is 0. The Kier molecular flexibility index (Phi) is 8.02. The van der Waals surface area contributed by atoms with Gasteiger partial charge in [0.2, 0.25) is 0 Å². The fraction of sp³-hybridized carbons (Fsp3) is 0.474. The summed E-state index contributed by atoms with van der Waals surface area (Å²) in [5.74, 6) is 0.827. The van der Waals surface area contributed by atoms with Gasteiger partial charge in [-0.25, -0.2) is 8.78 Å². The molecule has 0 atom stereocenters. The molecule has 0 saturated carbocycles. The average molecular weight is 505 g/mol. The van der Waals surface area contributed by atoms with Crippen LogP contribution in [0.2, 0.25) is 0 Å². The molecule has 2 aromatic rings. The molecule has 154 valence electrons. The Morgan fingerprint density at radius 2 is 1.93 bits per heavy atom. The first kappa shape index (κ1) is 22.4. The van der Waals surface area contributed by atoms with Crippen molar-refractivity contribution in [1.29, 1.82) is 0 Å². The van der Waals surface area contributed by atoms with Crippen LogP contribution in [-0.2, 0) is 6.42 Å². The van der Waals surface area contributed by atoms with Crippen molar-refractivity contribution in [2.24, 2.45) is 4.99 Å². The molecule has 6 nitrogen and oxygen atoms in total. The third-order valence-electron chi connectivity index (χ3n) is 4.88. The SMILES string of the molecule is CN=C(NCCc1c(C)noc1C)N1CCN(c2cc(F)ccc2F)CC1.I. The molecule has 0 spiro atoms. The molecule has 9 heteroatoms. The lowest BCUT2D eigenvalue weighted by Crippen LogP contribution is -2.53. The van der Waals surface area contributed by atoms with Crippen LogP contribution >= 0.6 is 24.0 Å². The van der Waals surface area contributed by atoms with E-state index < -0.39 is 11.6 Å². The number of nitrogens with zero attached hydrogens (tertiary/aromatic N) is 4. The first-order chi connectivity index (χ1) is 13.0. The number of hydrogen-bond donors (Lipinski definition) is 1. The number of halogens is 3. The number of hydrogen-bond acceptors (Lipinski definition) is 4. The summed E-state index contributed by atoms with van der Waals surface area (Å²) in [5.41, 5.74) is 2.34. The Hall–Kier alpha value is -1.91. The first-order valence-electron chi connectivity index (χ1n) is 9.07. The minimum Gasteiger partial charge on any atom is -0.366 e. The predicted molar refractivity (Wildman–Crippen MR) is 117 cm³/mol. The summed E-state index contributed by atoms with van der Waals surface area (Å²) in [6, 6.07) is 3.56. The minimum absolute atomic E-state index is 0. The van der Waals surface area contributed by atoms with E-state index in [9.17, 15) is 8.78 Å². The van der Waals surface area contributed by atoms with Gasteiger partial charge in [-0.1, -0.05) is 5.16 Å². The lowest BCUT2D eigenvalue weighted by molar-refractivity contribution is 0.370. The van der Waals surface area contributed by atoms with Gasteiger partial charge in [-0.15, -0.1) is 24.0 Å². The Morgan fingerprint density at radius 3 is 2.54 bits per heavy atom. The standard InChI is InChI=1S/C19H25F2N5O.HI/c1-13-16(14(2)27-24-13)6-7-23-19(22-3)26-10-8-25(9-11-26)18-12-15(20)4-5-17(18)21;/h4-5,12H,6-11H2,1-3H3,(H,22,23);1H. The van der Waals surface area contributed by atoms with Gasteiger partial charge in [0.1, 0.15) is 17.4 Å². The molecule has 1 saturated heterocycles. The van der Waals surface area contributed by atoms with Crippen molar-refractivity contribution in [3.8, 4) is 0 Å². The maximum absolute atomic E-state index is 14.0. The molecule has 1 fully saturated rings. The first-order valence-corrected chi connectivity index (χ1v) is 9.07. The van der Waals surface area contributed by atoms with E-state index in [0.717, 1.165) is 35.5 Å². The third-order valence-corrected chi connectivity index (χ3v) is 4.88. The molecular formula is C19H26F2IN5O. The number of aromatic nitrogens is 1. The van der Waals surface area contributed by atoms with Crippen LogP contribution in [0, 0.1) is 25.5 Å². The number of nitrogens with one attached hydrogen (secondary N) is 1. The van der Waals surface area contributed by atoms with E-state index in [1.807, 2.05) is 18.7 Å². The van der Waals surface area contributed by atoms with Crippen molar-refractivity contribution in [2.75, 3.05) is 44.7 Å². The van der Waals surface area contributed by atoms with Crippen LogP contribution in [0.3, 0.4) is 0 Å². The normalized spacial score (nSPS) is 14.8. The molecule has 1 aliphatic heterocycles. The molecule has 1 aliphatic rings. The van der Waals surface area contributed by atoms with E-state index in [1.165, 1.54) is 12.1 Å². The van der Waals surface area contributed by atoms with Crippen LogP contribution in [-0.4, -0.2) is 55.8 Å². The zero-order valence-corrected chi connectivity index (χ0v) is 18.7. The van der Waals surface area contributed by atoms with Gasteiger partial charge in [-0.3, -0.25) is 4.99 Å². The molecular weight excluding hydrogens is 479 g/mol. The Bertz CT molecular complexity index is 799. The minimum atomic E-state index is -0.425. The molecule has 0 radical (unpaired) electrons. The number of piperazine rings is 1. The van der Waals surface area contributed by atoms with Crippen molar-refractivity contribution in [1.82, 2.24) is 15.4 Å². The second kappa shape index (κ2) is 10.0. The van der Waals surface area contributed by atoms with Gasteiger partial charge >= 0.3 is 0 Å². The van der Waals surface area contributed by atoms with Gasteiger partial charge in [-0.05, 0) is 32.4 Å². The van der Waals surface area contributed by atoms with Gasteiger partial charge in [0.25, 0.3) is 0 Å². The van der Waals surface area contributed by atoms with E-state index in [0.29, 0.717) is 38.4 Å². The highest BCUT2D eigenvalue weighted by Crippen LogP contribution is 2.22. The molecule has 1 aromatic heterocycles. The van der Waals surface area contributed by atoms with E-state index in [1.54, 1.807) is 7.05 Å². The molecule has 3 rings (SSSR count). The second-order valence-electron chi connectivity index (χ2n) is 6.60. The van der Waals surface area contributed by atoms with Crippen LogP contribution < -0.4 is 10.2 Å². The van der Waals surface area contributed by atoms with Gasteiger partial charge in [0.05, 0.1) is 11.4 Å². The second-order valence-corrected chi connectivity index (χ2v) is 6.60. The Labute approximate surface area is 181 Å². The smallest absolute Gasteiger partial charge is 0.193 e. The lowest BCUT2D eigenvalue weighted by Gasteiger charge is -2.37. The van der Waals surface area contributed by atoms with Gasteiger partial charge in [-0.2, -0.15) is 0 Å². The summed E-state index contributed by atoms with van der Waals surface area (Å²) in [7, 11) is 1.75. The zero-order valence-electron chi connectivity index (χ0n) is 16.3. The zero-order chi connectivity index (χ0) is 19.4. The Morgan fingerprint density at radius 1 is 1.21 bits per heavy atom. The lowest BCUT2D eigenvalue weighted by atomic mass is 10.1. The summed E-state index contributed by atoms with van der Waals surface area (Å²) in [4.78, 5) is 8.34. The average Bonchev–Trinajstić information content (AvgIpc) is 2.99. The molecule has 0 unspecified atom stereocenters. The van der Waals surface area contributed by atoms with E-state index in [4.69, 9.17) is 4.52 Å². The quantitative estimate of drug-likeness (QED) is 0.393.